The van der Waals surface area contributed by atoms with Crippen LogP contribution in [-0.4, -0.2) is 35.5 Å². The molecule has 0 spiro atoms. The number of carbonyl (C=O) groups is 1. The molecule has 1 unspecified atom stereocenters. The van der Waals surface area contributed by atoms with E-state index in [0.29, 0.717) is 24.3 Å². The van der Waals surface area contributed by atoms with Crippen LogP contribution in [-0.2, 0) is 4.79 Å². The fourth-order valence-corrected chi connectivity index (χ4v) is 3.71. The van der Waals surface area contributed by atoms with E-state index in [2.05, 4.69) is 29.5 Å². The molecule has 1 saturated carbocycles. The molecule has 0 radical (unpaired) electrons. The average Bonchev–Trinajstić information content (AvgIpc) is 3.08. The van der Waals surface area contributed by atoms with E-state index >= 15 is 0 Å². The van der Waals surface area contributed by atoms with Crippen molar-refractivity contribution in [2.45, 2.75) is 57.2 Å². The quantitative estimate of drug-likeness (QED) is 0.753. The number of hydrogen-bond acceptors (Lipinski definition) is 4. The first kappa shape index (κ1) is 14.7. The first-order valence-corrected chi connectivity index (χ1v) is 8.35. The smallest absolute Gasteiger partial charge is 0.221 e. The number of amides is 1. The van der Waals surface area contributed by atoms with Gasteiger partial charge in [0.2, 0.25) is 5.91 Å². The highest BCUT2D eigenvalue weighted by Gasteiger charge is 2.26. The summed E-state index contributed by atoms with van der Waals surface area (Å²) in [6.45, 7) is 6.12. The van der Waals surface area contributed by atoms with Gasteiger partial charge in [0.05, 0.1) is 6.54 Å². The molecule has 1 amide bonds. The molecule has 1 aliphatic carbocycles. The van der Waals surface area contributed by atoms with E-state index in [1.54, 1.807) is 0 Å². The molecule has 0 aromatic heterocycles. The van der Waals surface area contributed by atoms with Gasteiger partial charge in [0.25, 0.3) is 0 Å². The van der Waals surface area contributed by atoms with Crippen molar-refractivity contribution >= 4 is 22.8 Å². The van der Waals surface area contributed by atoms with Crippen molar-refractivity contribution in [1.82, 2.24) is 10.6 Å². The van der Waals surface area contributed by atoms with Crippen molar-refractivity contribution in [3.63, 3.8) is 0 Å². The second kappa shape index (κ2) is 7.17. The van der Waals surface area contributed by atoms with Gasteiger partial charge in [-0.3, -0.25) is 9.79 Å². The third-order valence-corrected chi connectivity index (χ3v) is 5.16. The van der Waals surface area contributed by atoms with Gasteiger partial charge in [0.1, 0.15) is 0 Å². The molecular formula is C14H25N3OS. The topological polar surface area (TPSA) is 53.5 Å². The molecule has 0 bridgehead atoms. The van der Waals surface area contributed by atoms with E-state index in [1.807, 2.05) is 11.8 Å². The van der Waals surface area contributed by atoms with Crippen LogP contribution in [0.3, 0.4) is 0 Å². The lowest BCUT2D eigenvalue weighted by Gasteiger charge is -2.18. The Labute approximate surface area is 120 Å². The summed E-state index contributed by atoms with van der Waals surface area (Å²) in [5.74, 6) is 0.918. The third kappa shape index (κ3) is 4.71. The van der Waals surface area contributed by atoms with Crippen LogP contribution in [0.5, 0.6) is 0 Å². The standard InChI is InChI=1S/C14H25N3OS/c1-3-10(4-2)12-9-16-14(19-12)15-8-7-13(18)17-11-5-6-11/h10-12H,3-9H2,1-2H3,(H,15,16)(H,17,18). The largest absolute Gasteiger partial charge is 0.364 e. The summed E-state index contributed by atoms with van der Waals surface area (Å²) in [5.41, 5.74) is 0. The number of aliphatic imine (C=N–C) groups is 1. The van der Waals surface area contributed by atoms with E-state index < -0.39 is 0 Å². The van der Waals surface area contributed by atoms with Gasteiger partial charge in [-0.1, -0.05) is 38.5 Å². The minimum absolute atomic E-state index is 0.162. The Balaban J connectivity index is 1.60. The summed E-state index contributed by atoms with van der Waals surface area (Å²) in [4.78, 5) is 16.1. The summed E-state index contributed by atoms with van der Waals surface area (Å²) < 4.78 is 0. The molecule has 2 aliphatic rings. The highest BCUT2D eigenvalue weighted by Crippen LogP contribution is 2.30. The zero-order chi connectivity index (χ0) is 13.7. The number of thioether (sulfide) groups is 1. The molecule has 0 saturated heterocycles. The van der Waals surface area contributed by atoms with Crippen molar-refractivity contribution in [2.75, 3.05) is 13.1 Å². The number of rotatable bonds is 7. The molecule has 1 atom stereocenters. The molecule has 1 aliphatic heterocycles. The summed E-state index contributed by atoms with van der Waals surface area (Å²) in [7, 11) is 0. The van der Waals surface area contributed by atoms with Crippen LogP contribution >= 0.6 is 11.8 Å². The van der Waals surface area contributed by atoms with Crippen LogP contribution in [0.15, 0.2) is 4.99 Å². The van der Waals surface area contributed by atoms with E-state index in [9.17, 15) is 4.79 Å². The van der Waals surface area contributed by atoms with Crippen LogP contribution < -0.4 is 10.6 Å². The van der Waals surface area contributed by atoms with Gasteiger partial charge < -0.3 is 10.6 Å². The van der Waals surface area contributed by atoms with E-state index in [0.717, 1.165) is 30.5 Å². The number of hydrogen-bond donors (Lipinski definition) is 2. The zero-order valence-corrected chi connectivity index (χ0v) is 12.8. The van der Waals surface area contributed by atoms with Crippen molar-refractivity contribution in [2.24, 2.45) is 10.9 Å². The monoisotopic (exact) mass is 283 g/mol. The molecule has 0 aromatic rings. The molecule has 108 valence electrons. The highest BCUT2D eigenvalue weighted by atomic mass is 32.2. The normalized spacial score (nSPS) is 22.5. The Bertz CT molecular complexity index is 338. The molecule has 0 aromatic carbocycles. The summed E-state index contributed by atoms with van der Waals surface area (Å²) in [6.07, 6.45) is 5.30. The van der Waals surface area contributed by atoms with Gasteiger partial charge in [0, 0.05) is 24.3 Å². The number of amidine groups is 1. The Morgan fingerprint density at radius 1 is 1.42 bits per heavy atom. The van der Waals surface area contributed by atoms with Crippen molar-refractivity contribution in [3.05, 3.63) is 0 Å². The minimum atomic E-state index is 0.162. The van der Waals surface area contributed by atoms with E-state index in [-0.39, 0.29) is 5.91 Å². The summed E-state index contributed by atoms with van der Waals surface area (Å²) >= 11 is 1.85. The number of nitrogens with one attached hydrogen (secondary N) is 2. The van der Waals surface area contributed by atoms with E-state index in [1.165, 1.54) is 12.8 Å². The van der Waals surface area contributed by atoms with Crippen molar-refractivity contribution in [1.29, 1.82) is 0 Å². The fraction of sp³-hybridized carbons (Fsp3) is 0.857. The van der Waals surface area contributed by atoms with Crippen molar-refractivity contribution < 1.29 is 4.79 Å². The minimum Gasteiger partial charge on any atom is -0.364 e. The van der Waals surface area contributed by atoms with Gasteiger partial charge >= 0.3 is 0 Å². The predicted molar refractivity (Wildman–Crippen MR) is 81.5 cm³/mol. The maximum absolute atomic E-state index is 11.5. The molecule has 1 heterocycles. The van der Waals surface area contributed by atoms with Crippen LogP contribution in [0.4, 0.5) is 0 Å². The van der Waals surface area contributed by atoms with Gasteiger partial charge in [0.15, 0.2) is 5.17 Å². The Morgan fingerprint density at radius 2 is 2.16 bits per heavy atom. The molecule has 1 fully saturated rings. The molecule has 2 rings (SSSR count). The van der Waals surface area contributed by atoms with Gasteiger partial charge in [-0.15, -0.1) is 0 Å². The zero-order valence-electron chi connectivity index (χ0n) is 11.9. The van der Waals surface area contributed by atoms with E-state index in [4.69, 9.17) is 0 Å². The van der Waals surface area contributed by atoms with Crippen LogP contribution in [0, 0.1) is 5.92 Å². The van der Waals surface area contributed by atoms with Gasteiger partial charge in [-0.25, -0.2) is 0 Å². The fourth-order valence-electron chi connectivity index (χ4n) is 2.36. The Morgan fingerprint density at radius 3 is 2.79 bits per heavy atom. The Kier molecular flexibility index (Phi) is 5.55. The molecular weight excluding hydrogens is 258 g/mol. The summed E-state index contributed by atoms with van der Waals surface area (Å²) in [6, 6.07) is 0.463. The number of nitrogens with zero attached hydrogens (tertiary/aromatic N) is 1. The lowest BCUT2D eigenvalue weighted by Crippen LogP contribution is -2.30. The van der Waals surface area contributed by atoms with Crippen LogP contribution in [0.1, 0.15) is 46.0 Å². The second-order valence-electron chi connectivity index (χ2n) is 5.40. The van der Waals surface area contributed by atoms with Crippen LogP contribution in [0.25, 0.3) is 0 Å². The number of carbonyl (C=O) groups excluding carboxylic acids is 1. The summed E-state index contributed by atoms with van der Waals surface area (Å²) in [5, 5.41) is 7.94. The predicted octanol–water partition coefficient (Wildman–Crippen LogP) is 2.15. The molecule has 2 N–H and O–H groups in total. The Hall–Kier alpha value is -0.710. The van der Waals surface area contributed by atoms with Crippen LogP contribution in [0.2, 0.25) is 0 Å². The first-order valence-electron chi connectivity index (χ1n) is 7.47. The lowest BCUT2D eigenvalue weighted by molar-refractivity contribution is -0.121. The lowest BCUT2D eigenvalue weighted by atomic mass is 9.99. The van der Waals surface area contributed by atoms with Gasteiger partial charge in [-0.2, -0.15) is 0 Å². The third-order valence-electron chi connectivity index (χ3n) is 3.82. The van der Waals surface area contributed by atoms with Crippen molar-refractivity contribution in [3.8, 4) is 0 Å². The highest BCUT2D eigenvalue weighted by molar-refractivity contribution is 8.14. The SMILES string of the molecule is CCC(CC)C1CN=C(NCCC(=O)NC2CC2)S1. The maximum Gasteiger partial charge on any atom is 0.221 e. The first-order chi connectivity index (χ1) is 9.22. The average molecular weight is 283 g/mol. The second-order valence-corrected chi connectivity index (χ2v) is 6.63. The molecule has 4 nitrogen and oxygen atoms in total. The maximum atomic E-state index is 11.5. The molecule has 19 heavy (non-hydrogen) atoms. The van der Waals surface area contributed by atoms with Gasteiger partial charge in [-0.05, 0) is 18.8 Å². The molecule has 5 heteroatoms.